The zero-order valence-electron chi connectivity index (χ0n) is 13.6. The first kappa shape index (κ1) is 16.8. The van der Waals surface area contributed by atoms with Crippen molar-refractivity contribution in [3.63, 3.8) is 0 Å². The van der Waals surface area contributed by atoms with Crippen molar-refractivity contribution in [3.8, 4) is 5.75 Å². The highest BCUT2D eigenvalue weighted by Crippen LogP contribution is 2.20. The molecular formula is C19H16F2N2O2. The highest BCUT2D eigenvalue weighted by Gasteiger charge is 2.19. The fourth-order valence-electron chi connectivity index (χ4n) is 2.48. The number of aryl methyl sites for hydroxylation is 1. The second kappa shape index (κ2) is 7.25. The van der Waals surface area contributed by atoms with Gasteiger partial charge in [-0.2, -0.15) is 0 Å². The van der Waals surface area contributed by atoms with Gasteiger partial charge in [0.05, 0.1) is 7.11 Å². The van der Waals surface area contributed by atoms with E-state index in [2.05, 4.69) is 10.3 Å². The lowest BCUT2D eigenvalue weighted by Crippen LogP contribution is -2.24. The van der Waals surface area contributed by atoms with Crippen molar-refractivity contribution in [3.05, 3.63) is 70.9 Å². The fraction of sp³-hybridized carbons (Fsp3) is 0.158. The summed E-state index contributed by atoms with van der Waals surface area (Å²) in [7, 11) is 1.39. The molecule has 0 radical (unpaired) electrons. The predicted molar refractivity (Wildman–Crippen MR) is 91.2 cm³/mol. The average molecular weight is 342 g/mol. The van der Waals surface area contributed by atoms with Crippen molar-refractivity contribution < 1.29 is 18.3 Å². The number of amidine groups is 1. The molecule has 1 N–H and O–H groups in total. The number of carbonyl (C=O) groups is 1. The standard InChI is InChI=1S/C19H16F2N2O2/c1-25-17-8-4-13(10-15(17)21)11-16-19(24)23-18(22-16)9-5-12-2-6-14(20)7-3-12/h2-4,6-8,10-11H,5,9H2,1H3,(H,22,23,24)/b16-11+. The largest absolute Gasteiger partial charge is 0.494 e. The molecule has 0 bridgehead atoms. The Hall–Kier alpha value is -3.02. The SMILES string of the molecule is COc1ccc(/C=C2/N=C(CCc3ccc(F)cc3)NC2=O)cc1F. The quantitative estimate of drug-likeness (QED) is 0.846. The summed E-state index contributed by atoms with van der Waals surface area (Å²) in [4.78, 5) is 16.2. The highest BCUT2D eigenvalue weighted by molar-refractivity contribution is 6.14. The normalized spacial score (nSPS) is 15.2. The van der Waals surface area contributed by atoms with Gasteiger partial charge in [0.2, 0.25) is 0 Å². The van der Waals surface area contributed by atoms with E-state index in [4.69, 9.17) is 4.74 Å². The zero-order chi connectivity index (χ0) is 17.8. The van der Waals surface area contributed by atoms with Crippen LogP contribution in [0.5, 0.6) is 5.75 Å². The van der Waals surface area contributed by atoms with Gasteiger partial charge in [0, 0.05) is 6.42 Å². The number of carbonyl (C=O) groups excluding carboxylic acids is 1. The molecule has 3 rings (SSSR count). The summed E-state index contributed by atoms with van der Waals surface area (Å²) in [5.41, 5.74) is 1.69. The van der Waals surface area contributed by atoms with Crippen molar-refractivity contribution in [1.82, 2.24) is 5.32 Å². The Bertz CT molecular complexity index is 858. The molecule has 6 heteroatoms. The van der Waals surface area contributed by atoms with E-state index in [0.717, 1.165) is 5.56 Å². The number of amides is 1. The number of ether oxygens (including phenoxy) is 1. The smallest absolute Gasteiger partial charge is 0.275 e. The molecule has 1 heterocycles. The molecule has 1 amide bonds. The molecule has 0 atom stereocenters. The third-order valence-corrected chi connectivity index (χ3v) is 3.79. The number of hydrogen-bond donors (Lipinski definition) is 1. The van der Waals surface area contributed by atoms with Gasteiger partial charge in [0.25, 0.3) is 5.91 Å². The molecule has 0 unspecified atom stereocenters. The number of methoxy groups -OCH3 is 1. The number of aliphatic imine (C=N–C) groups is 1. The number of halogens is 2. The van der Waals surface area contributed by atoms with Crippen molar-refractivity contribution >= 4 is 17.8 Å². The minimum Gasteiger partial charge on any atom is -0.494 e. The molecule has 0 aliphatic carbocycles. The molecule has 25 heavy (non-hydrogen) atoms. The topological polar surface area (TPSA) is 50.7 Å². The molecule has 0 spiro atoms. The van der Waals surface area contributed by atoms with Gasteiger partial charge in [-0.05, 0) is 47.9 Å². The summed E-state index contributed by atoms with van der Waals surface area (Å²) in [6.07, 6.45) is 2.66. The summed E-state index contributed by atoms with van der Waals surface area (Å²) in [6, 6.07) is 10.6. The Labute approximate surface area is 143 Å². The van der Waals surface area contributed by atoms with Gasteiger partial charge in [-0.25, -0.2) is 13.8 Å². The van der Waals surface area contributed by atoms with E-state index < -0.39 is 5.82 Å². The lowest BCUT2D eigenvalue weighted by atomic mass is 10.1. The van der Waals surface area contributed by atoms with Gasteiger partial charge in [-0.3, -0.25) is 4.79 Å². The fourth-order valence-corrected chi connectivity index (χ4v) is 2.48. The summed E-state index contributed by atoms with van der Waals surface area (Å²) in [5, 5.41) is 2.69. The molecule has 0 saturated carbocycles. The second-order valence-corrected chi connectivity index (χ2v) is 5.56. The van der Waals surface area contributed by atoms with Crippen LogP contribution in [0.25, 0.3) is 6.08 Å². The van der Waals surface area contributed by atoms with E-state index in [1.807, 2.05) is 0 Å². The first-order chi connectivity index (χ1) is 12.0. The van der Waals surface area contributed by atoms with Gasteiger partial charge < -0.3 is 10.1 Å². The lowest BCUT2D eigenvalue weighted by Gasteiger charge is -2.02. The van der Waals surface area contributed by atoms with Crippen LogP contribution in [0.3, 0.4) is 0 Å². The van der Waals surface area contributed by atoms with Crippen LogP contribution < -0.4 is 10.1 Å². The molecule has 2 aromatic rings. The van der Waals surface area contributed by atoms with E-state index in [1.54, 1.807) is 18.2 Å². The molecule has 1 aliphatic heterocycles. The number of nitrogens with one attached hydrogen (secondary N) is 1. The Kier molecular flexibility index (Phi) is 4.88. The summed E-state index contributed by atoms with van der Waals surface area (Å²) in [6.45, 7) is 0. The van der Waals surface area contributed by atoms with Crippen molar-refractivity contribution in [1.29, 1.82) is 0 Å². The van der Waals surface area contributed by atoms with Crippen molar-refractivity contribution in [2.45, 2.75) is 12.8 Å². The molecule has 0 aromatic heterocycles. The molecule has 0 fully saturated rings. The van der Waals surface area contributed by atoms with Crippen LogP contribution in [0, 0.1) is 11.6 Å². The van der Waals surface area contributed by atoms with Crippen molar-refractivity contribution in [2.75, 3.05) is 7.11 Å². The molecule has 2 aromatic carbocycles. The van der Waals surface area contributed by atoms with Gasteiger partial charge >= 0.3 is 0 Å². The van der Waals surface area contributed by atoms with Gasteiger partial charge in [0.15, 0.2) is 11.6 Å². The maximum atomic E-state index is 13.7. The van der Waals surface area contributed by atoms with Crippen LogP contribution in [0.15, 0.2) is 53.2 Å². The molecular weight excluding hydrogens is 326 g/mol. The van der Waals surface area contributed by atoms with Crippen molar-refractivity contribution in [2.24, 2.45) is 4.99 Å². The number of rotatable bonds is 5. The Balaban J connectivity index is 1.71. The third-order valence-electron chi connectivity index (χ3n) is 3.79. The number of nitrogens with zero attached hydrogens (tertiary/aromatic N) is 1. The number of benzene rings is 2. The summed E-state index contributed by atoms with van der Waals surface area (Å²) < 4.78 is 31.5. The molecule has 4 nitrogen and oxygen atoms in total. The van der Waals surface area contributed by atoms with Crippen LogP contribution in [-0.2, 0) is 11.2 Å². The molecule has 0 saturated heterocycles. The second-order valence-electron chi connectivity index (χ2n) is 5.56. The summed E-state index contributed by atoms with van der Waals surface area (Å²) >= 11 is 0. The van der Waals surface area contributed by atoms with E-state index >= 15 is 0 Å². The first-order valence-corrected chi connectivity index (χ1v) is 7.74. The van der Waals surface area contributed by atoms with Gasteiger partial charge in [0.1, 0.15) is 17.3 Å². The van der Waals surface area contributed by atoms with E-state index in [-0.39, 0.29) is 23.2 Å². The Morgan fingerprint density at radius 3 is 2.56 bits per heavy atom. The maximum Gasteiger partial charge on any atom is 0.275 e. The predicted octanol–water partition coefficient (Wildman–Crippen LogP) is 3.48. The van der Waals surface area contributed by atoms with E-state index in [0.29, 0.717) is 24.2 Å². The third kappa shape index (κ3) is 4.09. The average Bonchev–Trinajstić information content (AvgIpc) is 2.94. The Morgan fingerprint density at radius 1 is 1.12 bits per heavy atom. The van der Waals surface area contributed by atoms with E-state index in [9.17, 15) is 13.6 Å². The molecule has 1 aliphatic rings. The minimum absolute atomic E-state index is 0.140. The monoisotopic (exact) mass is 342 g/mol. The lowest BCUT2D eigenvalue weighted by molar-refractivity contribution is -0.115. The van der Waals surface area contributed by atoms with Gasteiger partial charge in [-0.15, -0.1) is 0 Å². The Morgan fingerprint density at radius 2 is 1.88 bits per heavy atom. The van der Waals surface area contributed by atoms with Crippen LogP contribution in [0.2, 0.25) is 0 Å². The zero-order valence-corrected chi connectivity index (χ0v) is 13.6. The summed E-state index contributed by atoms with van der Waals surface area (Å²) in [5.74, 6) is -0.440. The van der Waals surface area contributed by atoms with Crippen LogP contribution in [0.4, 0.5) is 8.78 Å². The first-order valence-electron chi connectivity index (χ1n) is 7.74. The molecule has 128 valence electrons. The minimum atomic E-state index is -0.504. The van der Waals surface area contributed by atoms with Crippen LogP contribution in [0.1, 0.15) is 17.5 Å². The van der Waals surface area contributed by atoms with E-state index in [1.165, 1.54) is 37.5 Å². The maximum absolute atomic E-state index is 13.7. The number of hydrogen-bond acceptors (Lipinski definition) is 3. The van der Waals surface area contributed by atoms with Gasteiger partial charge in [-0.1, -0.05) is 18.2 Å². The van der Waals surface area contributed by atoms with Crippen LogP contribution >= 0.6 is 0 Å². The van der Waals surface area contributed by atoms with Crippen LogP contribution in [-0.4, -0.2) is 18.9 Å². The highest BCUT2D eigenvalue weighted by atomic mass is 19.1.